The molecule has 0 bridgehead atoms. The van der Waals surface area contributed by atoms with E-state index in [4.69, 9.17) is 5.73 Å². The number of aliphatic hydroxyl groups excluding tert-OH is 1. The van der Waals surface area contributed by atoms with Gasteiger partial charge in [-0.2, -0.15) is 0 Å². The molecule has 0 aliphatic carbocycles. The van der Waals surface area contributed by atoms with Crippen LogP contribution in [0.4, 0.5) is 0 Å². The average Bonchev–Trinajstić information content (AvgIpc) is 2.31. The highest BCUT2D eigenvalue weighted by Crippen LogP contribution is 2.29. The highest BCUT2D eigenvalue weighted by atomic mass is 16.3. The van der Waals surface area contributed by atoms with Crippen LogP contribution in [0.3, 0.4) is 0 Å². The zero-order chi connectivity index (χ0) is 13.0. The van der Waals surface area contributed by atoms with Crippen LogP contribution in [0.1, 0.15) is 37.8 Å². The predicted octanol–water partition coefficient (Wildman–Crippen LogP) is 2.69. The first-order valence-electron chi connectivity index (χ1n) is 6.42. The van der Waals surface area contributed by atoms with E-state index >= 15 is 0 Å². The minimum Gasteiger partial charge on any atom is -0.392 e. The van der Waals surface area contributed by atoms with Crippen LogP contribution in [-0.4, -0.2) is 17.8 Å². The summed E-state index contributed by atoms with van der Waals surface area (Å²) in [5.74, 6) is 0.750. The Labute approximate surface area is 105 Å². The van der Waals surface area contributed by atoms with Crippen molar-refractivity contribution in [3.63, 3.8) is 0 Å². The molecule has 2 nitrogen and oxygen atoms in total. The van der Waals surface area contributed by atoms with Gasteiger partial charge < -0.3 is 10.8 Å². The summed E-state index contributed by atoms with van der Waals surface area (Å²) in [6, 6.07) is 8.18. The molecule has 1 aromatic rings. The molecule has 96 valence electrons. The normalized spacial score (nSPS) is 16.9. The van der Waals surface area contributed by atoms with Crippen molar-refractivity contribution in [3.8, 4) is 0 Å². The molecular weight excluding hydrogens is 210 g/mol. The largest absolute Gasteiger partial charge is 0.392 e. The Balaban J connectivity index is 2.96. The van der Waals surface area contributed by atoms with Gasteiger partial charge in [0.2, 0.25) is 0 Å². The smallest absolute Gasteiger partial charge is 0.0648 e. The summed E-state index contributed by atoms with van der Waals surface area (Å²) >= 11 is 0. The van der Waals surface area contributed by atoms with Gasteiger partial charge in [0.25, 0.3) is 0 Å². The van der Waals surface area contributed by atoms with Gasteiger partial charge in [0.1, 0.15) is 0 Å². The standard InChI is InChI=1S/C15H25NO/c1-10(2)12(4)15(17)14(9-16)13-8-6-5-7-11(13)3/h5-8,10,12,14-15,17H,9,16H2,1-4H3. The number of hydrogen-bond acceptors (Lipinski definition) is 2. The Morgan fingerprint density at radius 2 is 1.76 bits per heavy atom. The SMILES string of the molecule is Cc1ccccc1C(CN)C(O)C(C)C(C)C. The van der Waals surface area contributed by atoms with E-state index < -0.39 is 0 Å². The van der Waals surface area contributed by atoms with Gasteiger partial charge in [0.15, 0.2) is 0 Å². The van der Waals surface area contributed by atoms with Crippen molar-refractivity contribution in [1.82, 2.24) is 0 Å². The van der Waals surface area contributed by atoms with E-state index in [-0.39, 0.29) is 17.9 Å². The second-order valence-corrected chi connectivity index (χ2v) is 5.29. The van der Waals surface area contributed by atoms with Crippen LogP contribution in [0.2, 0.25) is 0 Å². The third-order valence-electron chi connectivity index (χ3n) is 3.84. The van der Waals surface area contributed by atoms with Crippen LogP contribution in [0, 0.1) is 18.8 Å². The molecule has 2 heteroatoms. The molecule has 0 spiro atoms. The Bertz CT molecular complexity index is 349. The highest BCUT2D eigenvalue weighted by molar-refractivity contribution is 5.30. The summed E-state index contributed by atoms with van der Waals surface area (Å²) in [7, 11) is 0. The van der Waals surface area contributed by atoms with E-state index in [9.17, 15) is 5.11 Å². The van der Waals surface area contributed by atoms with Gasteiger partial charge in [-0.25, -0.2) is 0 Å². The number of hydrogen-bond donors (Lipinski definition) is 2. The maximum atomic E-state index is 10.4. The lowest BCUT2D eigenvalue weighted by atomic mass is 9.80. The quantitative estimate of drug-likeness (QED) is 0.824. The van der Waals surface area contributed by atoms with E-state index in [1.807, 2.05) is 12.1 Å². The van der Waals surface area contributed by atoms with Crippen LogP contribution in [0.5, 0.6) is 0 Å². The van der Waals surface area contributed by atoms with Gasteiger partial charge in [-0.3, -0.25) is 0 Å². The molecule has 3 N–H and O–H groups in total. The lowest BCUT2D eigenvalue weighted by molar-refractivity contribution is 0.0682. The van der Waals surface area contributed by atoms with Crippen molar-refractivity contribution in [2.45, 2.75) is 39.7 Å². The molecule has 3 atom stereocenters. The minimum absolute atomic E-state index is 0.0357. The maximum Gasteiger partial charge on any atom is 0.0648 e. The Morgan fingerprint density at radius 3 is 2.24 bits per heavy atom. The van der Waals surface area contributed by atoms with E-state index in [2.05, 4.69) is 39.8 Å². The Morgan fingerprint density at radius 1 is 1.18 bits per heavy atom. The number of nitrogens with two attached hydrogens (primary N) is 1. The third-order valence-corrected chi connectivity index (χ3v) is 3.84. The van der Waals surface area contributed by atoms with Gasteiger partial charge in [0, 0.05) is 12.5 Å². The molecule has 0 saturated carbocycles. The summed E-state index contributed by atoms with van der Waals surface area (Å²) in [6.07, 6.45) is -0.374. The number of benzene rings is 1. The molecule has 3 unspecified atom stereocenters. The van der Waals surface area contributed by atoms with Crippen LogP contribution in [0.15, 0.2) is 24.3 Å². The summed E-state index contributed by atoms with van der Waals surface area (Å²) in [4.78, 5) is 0. The molecule has 0 aromatic heterocycles. The van der Waals surface area contributed by atoms with Crippen LogP contribution in [-0.2, 0) is 0 Å². The lowest BCUT2D eigenvalue weighted by Gasteiger charge is -2.30. The molecule has 0 fully saturated rings. The van der Waals surface area contributed by atoms with E-state index in [0.717, 1.165) is 0 Å². The Hall–Kier alpha value is -0.860. The monoisotopic (exact) mass is 235 g/mol. The van der Waals surface area contributed by atoms with Gasteiger partial charge in [-0.1, -0.05) is 45.0 Å². The van der Waals surface area contributed by atoms with Gasteiger partial charge in [-0.05, 0) is 29.9 Å². The van der Waals surface area contributed by atoms with Crippen molar-refractivity contribution in [2.75, 3.05) is 6.54 Å². The number of aryl methyl sites for hydroxylation is 1. The number of rotatable bonds is 5. The fourth-order valence-corrected chi connectivity index (χ4v) is 2.21. The first kappa shape index (κ1) is 14.2. The average molecular weight is 235 g/mol. The van der Waals surface area contributed by atoms with Gasteiger partial charge in [0.05, 0.1) is 6.10 Å². The van der Waals surface area contributed by atoms with Gasteiger partial charge >= 0.3 is 0 Å². The molecule has 1 aromatic carbocycles. The first-order valence-corrected chi connectivity index (χ1v) is 6.42. The maximum absolute atomic E-state index is 10.4. The third kappa shape index (κ3) is 3.30. The minimum atomic E-state index is -0.374. The highest BCUT2D eigenvalue weighted by Gasteiger charge is 2.27. The molecular formula is C15H25NO. The fourth-order valence-electron chi connectivity index (χ4n) is 2.21. The van der Waals surface area contributed by atoms with Crippen LogP contribution >= 0.6 is 0 Å². The molecule has 0 radical (unpaired) electrons. The van der Waals surface area contributed by atoms with Crippen LogP contribution < -0.4 is 5.73 Å². The predicted molar refractivity (Wildman–Crippen MR) is 73.0 cm³/mol. The molecule has 0 amide bonds. The van der Waals surface area contributed by atoms with Crippen LogP contribution in [0.25, 0.3) is 0 Å². The van der Waals surface area contributed by atoms with E-state index in [1.165, 1.54) is 11.1 Å². The van der Waals surface area contributed by atoms with E-state index in [1.54, 1.807) is 0 Å². The topological polar surface area (TPSA) is 46.2 Å². The van der Waals surface area contributed by atoms with Crippen molar-refractivity contribution in [1.29, 1.82) is 0 Å². The molecule has 0 heterocycles. The molecule has 17 heavy (non-hydrogen) atoms. The number of aliphatic hydroxyl groups is 1. The second-order valence-electron chi connectivity index (χ2n) is 5.29. The molecule has 0 aliphatic rings. The molecule has 0 aliphatic heterocycles. The van der Waals surface area contributed by atoms with Gasteiger partial charge in [-0.15, -0.1) is 0 Å². The van der Waals surface area contributed by atoms with Crippen molar-refractivity contribution < 1.29 is 5.11 Å². The fraction of sp³-hybridized carbons (Fsp3) is 0.600. The summed E-state index contributed by atoms with van der Waals surface area (Å²) in [5.41, 5.74) is 8.23. The van der Waals surface area contributed by atoms with Crippen molar-refractivity contribution in [2.24, 2.45) is 17.6 Å². The summed E-state index contributed by atoms with van der Waals surface area (Å²) < 4.78 is 0. The lowest BCUT2D eigenvalue weighted by Crippen LogP contribution is -2.33. The molecule has 1 rings (SSSR count). The van der Waals surface area contributed by atoms with Crippen molar-refractivity contribution >= 4 is 0 Å². The zero-order valence-corrected chi connectivity index (χ0v) is 11.4. The Kier molecular flexibility index (Phi) is 5.16. The second kappa shape index (κ2) is 6.18. The van der Waals surface area contributed by atoms with Crippen molar-refractivity contribution in [3.05, 3.63) is 35.4 Å². The summed E-state index contributed by atoms with van der Waals surface area (Å²) in [5, 5.41) is 10.4. The zero-order valence-electron chi connectivity index (χ0n) is 11.4. The summed E-state index contributed by atoms with van der Waals surface area (Å²) in [6.45, 7) is 8.93. The molecule has 0 saturated heterocycles. The van der Waals surface area contributed by atoms with E-state index in [0.29, 0.717) is 12.5 Å². The first-order chi connectivity index (χ1) is 7.99.